The van der Waals surface area contributed by atoms with E-state index >= 15 is 0 Å². The van der Waals surface area contributed by atoms with Gasteiger partial charge in [-0.15, -0.1) is 0 Å². The van der Waals surface area contributed by atoms with Gasteiger partial charge in [-0.25, -0.2) is 0 Å². The maximum atomic E-state index is 5.80. The van der Waals surface area contributed by atoms with Gasteiger partial charge in [0.1, 0.15) is 16.8 Å². The van der Waals surface area contributed by atoms with Gasteiger partial charge < -0.3 is 0 Å². The van der Waals surface area contributed by atoms with Crippen LogP contribution in [0.4, 0.5) is 0 Å². The molecule has 0 aromatic carbocycles. The summed E-state index contributed by atoms with van der Waals surface area (Å²) in [7, 11) is -1.58. The van der Waals surface area contributed by atoms with Crippen LogP contribution in [-0.2, 0) is 13.6 Å². The predicted octanol–water partition coefficient (Wildman–Crippen LogP) is 3.36. The van der Waals surface area contributed by atoms with Crippen LogP contribution in [0.2, 0.25) is 0 Å². The smallest absolute Gasteiger partial charge is 0.174 e. The van der Waals surface area contributed by atoms with Crippen LogP contribution in [0.25, 0.3) is 0 Å². The summed E-state index contributed by atoms with van der Waals surface area (Å²) in [6.45, 7) is 14.2. The topological polar surface area (TPSA) is 27.7 Å². The zero-order valence-electron chi connectivity index (χ0n) is 10.2. The fourth-order valence-electron chi connectivity index (χ4n) is 0.975. The van der Waals surface area contributed by atoms with Gasteiger partial charge in [0.15, 0.2) is 0 Å². The second kappa shape index (κ2) is 3.41. The summed E-state index contributed by atoms with van der Waals surface area (Å²) >= 11 is 0. The summed E-state index contributed by atoms with van der Waals surface area (Å²) in [5.41, 5.74) is -0.746. The van der Waals surface area contributed by atoms with E-state index in [-0.39, 0.29) is 16.8 Å². The molecule has 0 N–H and O–H groups in total. The molecule has 0 saturated carbocycles. The van der Waals surface area contributed by atoms with Crippen molar-refractivity contribution in [1.29, 1.82) is 0 Å². The molecule has 0 amide bonds. The Morgan fingerprint density at radius 2 is 1.29 bits per heavy atom. The van der Waals surface area contributed by atoms with Crippen molar-refractivity contribution >= 4 is 8.60 Å². The Balaban J connectivity index is 2.65. The van der Waals surface area contributed by atoms with E-state index in [0.717, 1.165) is 0 Å². The molecule has 4 heteroatoms. The molecule has 0 spiro atoms. The molecule has 1 fully saturated rings. The van der Waals surface area contributed by atoms with Crippen LogP contribution < -0.4 is 0 Å². The second-order valence-electron chi connectivity index (χ2n) is 5.69. The van der Waals surface area contributed by atoms with Gasteiger partial charge in [-0.2, -0.15) is 13.6 Å². The molecule has 0 bridgehead atoms. The van der Waals surface area contributed by atoms with E-state index < -0.39 is 8.60 Å². The fourth-order valence-corrected chi connectivity index (χ4v) is 2.92. The first kappa shape index (κ1) is 12.4. The van der Waals surface area contributed by atoms with Crippen molar-refractivity contribution in [3.05, 3.63) is 0 Å². The van der Waals surface area contributed by atoms with E-state index in [2.05, 4.69) is 0 Å². The van der Waals surface area contributed by atoms with Gasteiger partial charge in [0.05, 0.1) is 0 Å². The first-order chi connectivity index (χ1) is 6.04. The van der Waals surface area contributed by atoms with Crippen molar-refractivity contribution in [3.63, 3.8) is 0 Å². The summed E-state index contributed by atoms with van der Waals surface area (Å²) in [5.74, 6) is 0. The normalized spacial score (nSPS) is 26.8. The maximum absolute atomic E-state index is 5.80. The van der Waals surface area contributed by atoms with Crippen LogP contribution in [0, 0.1) is 0 Å². The molecule has 14 heavy (non-hydrogen) atoms. The third-order valence-electron chi connectivity index (χ3n) is 2.52. The van der Waals surface area contributed by atoms with Crippen LogP contribution in [0.1, 0.15) is 48.5 Å². The lowest BCUT2D eigenvalue weighted by Crippen LogP contribution is -2.41. The van der Waals surface area contributed by atoms with E-state index in [1.807, 2.05) is 48.5 Å². The van der Waals surface area contributed by atoms with Gasteiger partial charge >= 0.3 is 8.60 Å². The largest absolute Gasteiger partial charge is 0.399 e. The molecule has 3 nitrogen and oxygen atoms in total. The molecule has 0 aliphatic carbocycles. The highest BCUT2D eigenvalue weighted by Gasteiger charge is 2.57. The Bertz CT molecular complexity index is 202. The Morgan fingerprint density at radius 3 is 1.57 bits per heavy atom. The average Bonchev–Trinajstić information content (AvgIpc) is 1.94. The molecule has 0 aromatic heterocycles. The minimum Gasteiger partial charge on any atom is -0.174 e. The third-order valence-corrected chi connectivity index (χ3v) is 4.65. The van der Waals surface area contributed by atoms with Crippen molar-refractivity contribution in [2.75, 3.05) is 0 Å². The average molecular weight is 221 g/mol. The van der Waals surface area contributed by atoms with Crippen molar-refractivity contribution in [1.82, 2.24) is 0 Å². The lowest BCUT2D eigenvalue weighted by atomic mass is 9.90. The summed E-state index contributed by atoms with van der Waals surface area (Å²) in [5, 5.41) is 0. The Kier molecular flexibility index (Phi) is 3.02. The van der Waals surface area contributed by atoms with Crippen molar-refractivity contribution in [2.45, 2.75) is 65.3 Å². The Labute approximate surface area is 88.1 Å². The summed E-state index contributed by atoms with van der Waals surface area (Å²) in [6.07, 6.45) is 0. The van der Waals surface area contributed by atoms with Gasteiger partial charge in [0, 0.05) is 0 Å². The molecular formula is C10H22O3P+. The molecule has 1 heterocycles. The Morgan fingerprint density at radius 1 is 0.929 bits per heavy atom. The van der Waals surface area contributed by atoms with Crippen LogP contribution in [-0.4, -0.2) is 16.8 Å². The van der Waals surface area contributed by atoms with Gasteiger partial charge in [-0.3, -0.25) is 0 Å². The SMILES string of the molecule is CC(C)(C)O[PH+]1OC(C)(C)C(C)(C)O1. The summed E-state index contributed by atoms with van der Waals surface area (Å²) in [6, 6.07) is 0. The van der Waals surface area contributed by atoms with Crippen molar-refractivity contribution in [3.8, 4) is 0 Å². The molecule has 84 valence electrons. The second-order valence-corrected chi connectivity index (χ2v) is 6.80. The molecule has 1 rings (SSSR count). The highest BCUT2D eigenvalue weighted by molar-refractivity contribution is 7.42. The van der Waals surface area contributed by atoms with Crippen LogP contribution in [0.15, 0.2) is 0 Å². The van der Waals surface area contributed by atoms with E-state index in [1.54, 1.807) is 0 Å². The van der Waals surface area contributed by atoms with E-state index in [9.17, 15) is 0 Å². The van der Waals surface area contributed by atoms with E-state index in [4.69, 9.17) is 13.6 Å². The summed E-state index contributed by atoms with van der Waals surface area (Å²) in [4.78, 5) is 0. The van der Waals surface area contributed by atoms with Gasteiger partial charge in [0.2, 0.25) is 0 Å². The number of hydrogen-bond donors (Lipinski definition) is 0. The molecule has 0 radical (unpaired) electrons. The zero-order chi connectivity index (χ0) is 11.2. The predicted molar refractivity (Wildman–Crippen MR) is 59.5 cm³/mol. The summed E-state index contributed by atoms with van der Waals surface area (Å²) < 4.78 is 17.3. The fraction of sp³-hybridized carbons (Fsp3) is 1.00. The van der Waals surface area contributed by atoms with Crippen LogP contribution in [0.5, 0.6) is 0 Å². The molecule has 1 aliphatic heterocycles. The van der Waals surface area contributed by atoms with Crippen LogP contribution >= 0.6 is 8.60 Å². The minimum absolute atomic E-state index is 0.204. The third kappa shape index (κ3) is 2.66. The molecule has 0 aromatic rings. The van der Waals surface area contributed by atoms with Crippen molar-refractivity contribution in [2.24, 2.45) is 0 Å². The maximum Gasteiger partial charge on any atom is 0.399 e. The first-order valence-corrected chi connectivity index (χ1v) is 6.20. The van der Waals surface area contributed by atoms with Crippen molar-refractivity contribution < 1.29 is 13.6 Å². The molecule has 0 atom stereocenters. The van der Waals surface area contributed by atoms with E-state index in [1.165, 1.54) is 0 Å². The monoisotopic (exact) mass is 221 g/mol. The lowest BCUT2D eigenvalue weighted by molar-refractivity contribution is 0.00578. The van der Waals surface area contributed by atoms with Gasteiger partial charge in [-0.05, 0) is 48.5 Å². The lowest BCUT2D eigenvalue weighted by Gasteiger charge is -2.24. The highest BCUT2D eigenvalue weighted by atomic mass is 31.2. The van der Waals surface area contributed by atoms with E-state index in [0.29, 0.717) is 0 Å². The quantitative estimate of drug-likeness (QED) is 0.635. The highest BCUT2D eigenvalue weighted by Crippen LogP contribution is 2.59. The minimum atomic E-state index is -1.58. The molecule has 1 saturated heterocycles. The van der Waals surface area contributed by atoms with Gasteiger partial charge in [0.25, 0.3) is 0 Å². The standard InChI is InChI=1S/C10H22O3P/c1-8(2,3)11-14-12-9(4,5)10(6,7)13-14/h14H,1-7H3/q+1. The number of hydrogen-bond acceptors (Lipinski definition) is 3. The molecular weight excluding hydrogens is 199 g/mol. The zero-order valence-corrected chi connectivity index (χ0v) is 11.2. The number of rotatable bonds is 1. The van der Waals surface area contributed by atoms with Crippen LogP contribution in [0.3, 0.4) is 0 Å². The molecule has 1 aliphatic rings. The Hall–Kier alpha value is 0.310. The first-order valence-electron chi connectivity index (χ1n) is 4.97. The van der Waals surface area contributed by atoms with Gasteiger partial charge in [-0.1, -0.05) is 0 Å². The molecule has 0 unspecified atom stereocenters.